The Morgan fingerprint density at radius 2 is 1.87 bits per heavy atom. The highest BCUT2D eigenvalue weighted by Gasteiger charge is 2.43. The van der Waals surface area contributed by atoms with Crippen molar-refractivity contribution in [2.75, 3.05) is 33.9 Å². The maximum Gasteiger partial charge on any atom is 0.247 e. The predicted molar refractivity (Wildman–Crippen MR) is 154 cm³/mol. The third-order valence-electron chi connectivity index (χ3n) is 7.03. The van der Waals surface area contributed by atoms with E-state index in [1.54, 1.807) is 31.3 Å². The molecule has 0 radical (unpaired) electrons. The van der Waals surface area contributed by atoms with Crippen LogP contribution >= 0.6 is 22.6 Å². The number of aliphatic hydroxyl groups excluding tert-OH is 2. The molecule has 0 spiro atoms. The molecular formula is C29H35IN2O7. The molecule has 0 aromatic heterocycles. The maximum absolute atomic E-state index is 13.6. The molecule has 210 valence electrons. The van der Waals surface area contributed by atoms with E-state index < -0.39 is 18.2 Å². The van der Waals surface area contributed by atoms with E-state index >= 15 is 0 Å². The first-order valence-electron chi connectivity index (χ1n) is 13.1. The van der Waals surface area contributed by atoms with Gasteiger partial charge in [-0.2, -0.15) is 0 Å². The second-order valence-electron chi connectivity index (χ2n) is 9.68. The first-order valence-corrected chi connectivity index (χ1v) is 14.1. The molecule has 3 atom stereocenters. The van der Waals surface area contributed by atoms with E-state index in [1.807, 2.05) is 36.4 Å². The fourth-order valence-corrected chi connectivity index (χ4v) is 5.30. The molecule has 1 saturated carbocycles. The number of carbonyl (C=O) groups is 2. The van der Waals surface area contributed by atoms with Crippen molar-refractivity contribution in [3.8, 4) is 17.2 Å². The summed E-state index contributed by atoms with van der Waals surface area (Å²) >= 11 is 2.16. The molecule has 2 aliphatic rings. The first-order chi connectivity index (χ1) is 18.9. The molecule has 9 nitrogen and oxygen atoms in total. The number of amides is 2. The number of benzene rings is 2. The lowest BCUT2D eigenvalue weighted by atomic mass is 9.87. The van der Waals surface area contributed by atoms with E-state index in [1.165, 1.54) is 0 Å². The van der Waals surface area contributed by atoms with Gasteiger partial charge in [-0.1, -0.05) is 12.1 Å². The van der Waals surface area contributed by atoms with Gasteiger partial charge < -0.3 is 34.6 Å². The second-order valence-corrected chi connectivity index (χ2v) is 10.8. The highest BCUT2D eigenvalue weighted by molar-refractivity contribution is 14.1. The Bertz CT molecular complexity index is 1200. The number of nitrogens with one attached hydrogen (secondary N) is 1. The molecule has 2 aliphatic carbocycles. The van der Waals surface area contributed by atoms with Crippen molar-refractivity contribution >= 4 is 34.4 Å². The van der Waals surface area contributed by atoms with Crippen LogP contribution in [0, 0.1) is 9.49 Å². The summed E-state index contributed by atoms with van der Waals surface area (Å²) in [6, 6.07) is 12.3. The van der Waals surface area contributed by atoms with Crippen molar-refractivity contribution in [2.45, 2.75) is 43.9 Å². The van der Waals surface area contributed by atoms with E-state index in [2.05, 4.69) is 27.9 Å². The van der Waals surface area contributed by atoms with E-state index in [0.717, 1.165) is 22.0 Å². The molecule has 0 saturated heterocycles. The van der Waals surface area contributed by atoms with Gasteiger partial charge >= 0.3 is 0 Å². The van der Waals surface area contributed by atoms with E-state index in [-0.39, 0.29) is 37.3 Å². The molecule has 3 N–H and O–H groups in total. The Morgan fingerprint density at radius 1 is 1.10 bits per heavy atom. The summed E-state index contributed by atoms with van der Waals surface area (Å²) in [5, 5.41) is 23.5. The van der Waals surface area contributed by atoms with Gasteiger partial charge in [-0.25, -0.2) is 0 Å². The molecule has 0 heterocycles. The van der Waals surface area contributed by atoms with Crippen LogP contribution in [0.5, 0.6) is 17.2 Å². The third-order valence-corrected chi connectivity index (χ3v) is 7.92. The van der Waals surface area contributed by atoms with Crippen molar-refractivity contribution in [3.63, 3.8) is 0 Å². The number of para-hydroxylation sites is 1. The number of methoxy groups -OCH3 is 2. The average molecular weight is 651 g/mol. The molecule has 2 amide bonds. The average Bonchev–Trinajstić information content (AvgIpc) is 3.80. The van der Waals surface area contributed by atoms with E-state index in [4.69, 9.17) is 14.2 Å². The van der Waals surface area contributed by atoms with Gasteiger partial charge in [0, 0.05) is 31.0 Å². The smallest absolute Gasteiger partial charge is 0.247 e. The van der Waals surface area contributed by atoms with Crippen LogP contribution in [-0.4, -0.2) is 79.1 Å². The summed E-state index contributed by atoms with van der Waals surface area (Å²) < 4.78 is 18.0. The third kappa shape index (κ3) is 7.23. The zero-order valence-electron chi connectivity index (χ0n) is 22.1. The maximum atomic E-state index is 13.6. The Balaban J connectivity index is 1.64. The predicted octanol–water partition coefficient (Wildman–Crippen LogP) is 2.71. The SMILES string of the molecule is COc1ccc(OC)c(CCN(C(=O)C2CC2)[C@@H]2CC(C(=O)NCCO)=C[C@H](Oc3ccccc3I)[C@H]2O)c1. The lowest BCUT2D eigenvalue weighted by Crippen LogP contribution is -2.56. The molecule has 10 heteroatoms. The van der Waals surface area contributed by atoms with Crippen LogP contribution in [0.15, 0.2) is 54.1 Å². The number of halogens is 1. The van der Waals surface area contributed by atoms with Crippen molar-refractivity contribution in [2.24, 2.45) is 5.92 Å². The first kappa shape index (κ1) is 29.2. The number of aliphatic hydroxyl groups is 2. The summed E-state index contributed by atoms with van der Waals surface area (Å²) in [6.07, 6.45) is 1.96. The second kappa shape index (κ2) is 13.5. The number of nitrogens with zero attached hydrogens (tertiary/aromatic N) is 1. The van der Waals surface area contributed by atoms with Gasteiger partial charge in [-0.15, -0.1) is 0 Å². The van der Waals surface area contributed by atoms with E-state index in [9.17, 15) is 19.8 Å². The highest BCUT2D eigenvalue weighted by atomic mass is 127. The number of hydrogen-bond donors (Lipinski definition) is 3. The molecule has 4 rings (SSSR count). The largest absolute Gasteiger partial charge is 0.497 e. The minimum Gasteiger partial charge on any atom is -0.497 e. The van der Waals surface area contributed by atoms with Gasteiger partial charge in [-0.05, 0) is 83.8 Å². The number of ether oxygens (including phenoxy) is 3. The Hall–Kier alpha value is -2.83. The summed E-state index contributed by atoms with van der Waals surface area (Å²) in [5.74, 6) is 1.46. The van der Waals surface area contributed by atoms with Crippen LogP contribution in [0.4, 0.5) is 0 Å². The molecule has 2 aromatic carbocycles. The molecule has 1 fully saturated rings. The highest BCUT2D eigenvalue weighted by Crippen LogP contribution is 2.36. The normalized spacial score (nSPS) is 20.5. The molecule has 2 aromatic rings. The van der Waals surface area contributed by atoms with Gasteiger partial charge in [0.2, 0.25) is 11.8 Å². The van der Waals surface area contributed by atoms with Crippen LogP contribution in [0.1, 0.15) is 24.8 Å². The zero-order chi connectivity index (χ0) is 27.9. The van der Waals surface area contributed by atoms with Gasteiger partial charge in [0.25, 0.3) is 0 Å². The summed E-state index contributed by atoms with van der Waals surface area (Å²) in [6.45, 7) is 0.232. The Morgan fingerprint density at radius 3 is 2.54 bits per heavy atom. The van der Waals surface area contributed by atoms with Gasteiger partial charge in [0.05, 0.1) is 30.4 Å². The number of rotatable bonds is 12. The van der Waals surface area contributed by atoms with Crippen molar-refractivity contribution in [1.29, 1.82) is 0 Å². The zero-order valence-corrected chi connectivity index (χ0v) is 24.3. The molecule has 39 heavy (non-hydrogen) atoms. The van der Waals surface area contributed by atoms with Gasteiger partial charge in [0.1, 0.15) is 29.5 Å². The summed E-state index contributed by atoms with van der Waals surface area (Å²) in [5.41, 5.74) is 1.28. The lowest BCUT2D eigenvalue weighted by Gasteiger charge is -2.41. The quantitative estimate of drug-likeness (QED) is 0.303. The molecule has 0 aliphatic heterocycles. The fraction of sp³-hybridized carbons (Fsp3) is 0.448. The number of carbonyl (C=O) groups excluding carboxylic acids is 2. The van der Waals surface area contributed by atoms with Gasteiger partial charge in [0.15, 0.2) is 0 Å². The molecular weight excluding hydrogens is 615 g/mol. The number of hydrogen-bond acceptors (Lipinski definition) is 7. The van der Waals surface area contributed by atoms with E-state index in [0.29, 0.717) is 35.8 Å². The summed E-state index contributed by atoms with van der Waals surface area (Å²) in [7, 11) is 3.19. The van der Waals surface area contributed by atoms with Crippen molar-refractivity contribution in [3.05, 3.63) is 63.2 Å². The fourth-order valence-electron chi connectivity index (χ4n) is 4.79. The van der Waals surface area contributed by atoms with Crippen LogP contribution in [0.25, 0.3) is 0 Å². The van der Waals surface area contributed by atoms with Crippen LogP contribution in [0.2, 0.25) is 0 Å². The summed E-state index contributed by atoms with van der Waals surface area (Å²) in [4.78, 5) is 28.3. The standard InChI is InChI=1S/C29H35IN2O7/c1-37-21-9-10-24(38-2)19(15-21)11-13-32(29(36)18-7-8-18)23-16-20(28(35)31-12-14-33)17-26(27(23)34)39-25-6-4-3-5-22(25)30/h3-6,9-10,15,17-18,23,26-27,33-34H,7-8,11-14,16H2,1-2H3,(H,31,35)/t23-,26+,27+/m1/s1. The minimum atomic E-state index is -1.06. The van der Waals surface area contributed by atoms with Crippen molar-refractivity contribution in [1.82, 2.24) is 10.2 Å². The Labute approximate surface area is 242 Å². The molecule has 0 bridgehead atoms. The monoisotopic (exact) mass is 650 g/mol. The van der Waals surface area contributed by atoms with Crippen LogP contribution < -0.4 is 19.5 Å². The van der Waals surface area contributed by atoms with Crippen molar-refractivity contribution < 1.29 is 34.0 Å². The van der Waals surface area contributed by atoms with Gasteiger partial charge in [-0.3, -0.25) is 9.59 Å². The Kier molecular flexibility index (Phi) is 10.1. The minimum absolute atomic E-state index is 0.0361. The van der Waals surface area contributed by atoms with Crippen LogP contribution in [-0.2, 0) is 16.0 Å². The topological polar surface area (TPSA) is 118 Å². The molecule has 0 unspecified atom stereocenters. The lowest BCUT2D eigenvalue weighted by molar-refractivity contribution is -0.139. The van der Waals surface area contributed by atoms with Crippen LogP contribution in [0.3, 0.4) is 0 Å².